The van der Waals surface area contributed by atoms with E-state index in [4.69, 9.17) is 11.5 Å². The highest BCUT2D eigenvalue weighted by Gasteiger charge is 2.24. The molecule has 6 heteroatoms. The van der Waals surface area contributed by atoms with Crippen molar-refractivity contribution in [2.24, 2.45) is 11.1 Å². The van der Waals surface area contributed by atoms with Crippen LogP contribution in [0.1, 0.15) is 13.8 Å². The highest BCUT2D eigenvalue weighted by molar-refractivity contribution is 5.80. The van der Waals surface area contributed by atoms with E-state index in [0.29, 0.717) is 18.2 Å². The van der Waals surface area contributed by atoms with Crippen molar-refractivity contribution in [3.8, 4) is 0 Å². The first-order valence-corrected chi connectivity index (χ1v) is 4.53. The zero-order valence-corrected chi connectivity index (χ0v) is 8.82. The predicted molar refractivity (Wildman–Crippen MR) is 57.9 cm³/mol. The number of aromatic nitrogens is 2. The quantitative estimate of drug-likeness (QED) is 0.646. The number of nitrogens with one attached hydrogen (secondary N) is 1. The number of hydrogen-bond acceptors (Lipinski definition) is 5. The highest BCUT2D eigenvalue weighted by Crippen LogP contribution is 2.14. The number of nitrogen functional groups attached to an aromatic ring is 1. The van der Waals surface area contributed by atoms with E-state index in [1.54, 1.807) is 13.8 Å². The molecule has 6 nitrogen and oxygen atoms in total. The van der Waals surface area contributed by atoms with Gasteiger partial charge in [-0.1, -0.05) is 0 Å². The van der Waals surface area contributed by atoms with Crippen molar-refractivity contribution in [1.29, 1.82) is 0 Å². The van der Waals surface area contributed by atoms with Crippen LogP contribution in [0.15, 0.2) is 12.4 Å². The Morgan fingerprint density at radius 3 is 2.47 bits per heavy atom. The second-order valence-corrected chi connectivity index (χ2v) is 3.94. The molecular weight excluding hydrogens is 194 g/mol. The summed E-state index contributed by atoms with van der Waals surface area (Å²) in [6, 6.07) is 0. The van der Waals surface area contributed by atoms with Gasteiger partial charge in [0.05, 0.1) is 23.5 Å². The van der Waals surface area contributed by atoms with Crippen molar-refractivity contribution < 1.29 is 4.79 Å². The lowest BCUT2D eigenvalue weighted by atomic mass is 9.93. The molecule has 1 heterocycles. The van der Waals surface area contributed by atoms with Crippen LogP contribution in [-0.2, 0) is 4.79 Å². The largest absolute Gasteiger partial charge is 0.396 e. The fraction of sp³-hybridized carbons (Fsp3) is 0.444. The molecule has 0 aliphatic rings. The summed E-state index contributed by atoms with van der Waals surface area (Å²) in [6.07, 6.45) is 2.99. The molecule has 0 unspecified atom stereocenters. The van der Waals surface area contributed by atoms with Crippen molar-refractivity contribution in [2.75, 3.05) is 17.6 Å². The molecule has 0 aromatic carbocycles. The molecular formula is C9H15N5O. The van der Waals surface area contributed by atoms with Crippen molar-refractivity contribution in [2.45, 2.75) is 13.8 Å². The van der Waals surface area contributed by atoms with Crippen LogP contribution in [0.2, 0.25) is 0 Å². The summed E-state index contributed by atoms with van der Waals surface area (Å²) in [5.41, 5.74) is 10.5. The molecule has 1 amide bonds. The lowest BCUT2D eigenvalue weighted by molar-refractivity contribution is -0.125. The van der Waals surface area contributed by atoms with Gasteiger partial charge in [-0.3, -0.25) is 4.79 Å². The molecule has 0 bridgehead atoms. The summed E-state index contributed by atoms with van der Waals surface area (Å²) < 4.78 is 0. The first-order chi connectivity index (χ1) is 6.92. The second kappa shape index (κ2) is 4.12. The van der Waals surface area contributed by atoms with Crippen LogP contribution in [0.3, 0.4) is 0 Å². The molecule has 0 aliphatic heterocycles. The van der Waals surface area contributed by atoms with Gasteiger partial charge in [-0.15, -0.1) is 0 Å². The number of hydrogen-bond donors (Lipinski definition) is 3. The highest BCUT2D eigenvalue weighted by atomic mass is 16.1. The summed E-state index contributed by atoms with van der Waals surface area (Å²) in [7, 11) is 0. The van der Waals surface area contributed by atoms with Gasteiger partial charge in [0.1, 0.15) is 0 Å². The van der Waals surface area contributed by atoms with Crippen LogP contribution in [0, 0.1) is 5.41 Å². The van der Waals surface area contributed by atoms with Crippen molar-refractivity contribution in [3.63, 3.8) is 0 Å². The third-order valence-electron chi connectivity index (χ3n) is 2.03. The Morgan fingerprint density at radius 1 is 1.47 bits per heavy atom. The summed E-state index contributed by atoms with van der Waals surface area (Å²) in [6.45, 7) is 3.88. The van der Waals surface area contributed by atoms with Crippen LogP contribution >= 0.6 is 0 Å². The van der Waals surface area contributed by atoms with E-state index < -0.39 is 5.41 Å². The van der Waals surface area contributed by atoms with Gasteiger partial charge in [-0.2, -0.15) is 0 Å². The maximum atomic E-state index is 11.0. The molecule has 82 valence electrons. The van der Waals surface area contributed by atoms with E-state index in [-0.39, 0.29) is 5.91 Å². The molecule has 0 radical (unpaired) electrons. The van der Waals surface area contributed by atoms with Crippen molar-refractivity contribution in [1.82, 2.24) is 9.97 Å². The summed E-state index contributed by atoms with van der Waals surface area (Å²) in [4.78, 5) is 18.9. The van der Waals surface area contributed by atoms with Gasteiger partial charge in [-0.05, 0) is 13.8 Å². The zero-order valence-electron chi connectivity index (χ0n) is 8.82. The first kappa shape index (κ1) is 11.2. The third-order valence-corrected chi connectivity index (χ3v) is 2.03. The monoisotopic (exact) mass is 209 g/mol. The van der Waals surface area contributed by atoms with E-state index in [2.05, 4.69) is 15.3 Å². The first-order valence-electron chi connectivity index (χ1n) is 4.53. The molecule has 15 heavy (non-hydrogen) atoms. The Balaban J connectivity index is 2.57. The van der Waals surface area contributed by atoms with E-state index in [1.165, 1.54) is 12.4 Å². The van der Waals surface area contributed by atoms with Crippen LogP contribution in [0.5, 0.6) is 0 Å². The van der Waals surface area contributed by atoms with Gasteiger partial charge in [0.2, 0.25) is 11.9 Å². The lowest BCUT2D eigenvalue weighted by Gasteiger charge is -2.20. The molecule has 5 N–H and O–H groups in total. The number of carbonyl (C=O) groups excluding carboxylic acids is 1. The van der Waals surface area contributed by atoms with E-state index in [0.717, 1.165) is 0 Å². The van der Waals surface area contributed by atoms with Crippen molar-refractivity contribution in [3.05, 3.63) is 12.4 Å². The number of primary amides is 1. The van der Waals surface area contributed by atoms with Crippen LogP contribution in [0.25, 0.3) is 0 Å². The van der Waals surface area contributed by atoms with Gasteiger partial charge >= 0.3 is 0 Å². The topological polar surface area (TPSA) is 107 Å². The minimum atomic E-state index is -0.634. The summed E-state index contributed by atoms with van der Waals surface area (Å²) in [5.74, 6) is 0.0592. The summed E-state index contributed by atoms with van der Waals surface area (Å²) >= 11 is 0. The maximum absolute atomic E-state index is 11.0. The fourth-order valence-corrected chi connectivity index (χ4v) is 0.816. The lowest BCUT2D eigenvalue weighted by Crippen LogP contribution is -2.37. The second-order valence-electron chi connectivity index (χ2n) is 3.94. The minimum Gasteiger partial charge on any atom is -0.396 e. The van der Waals surface area contributed by atoms with Crippen LogP contribution in [0.4, 0.5) is 11.6 Å². The number of carbonyl (C=O) groups is 1. The number of nitrogens with two attached hydrogens (primary N) is 2. The molecule has 1 rings (SSSR count). The molecule has 0 atom stereocenters. The van der Waals surface area contributed by atoms with Gasteiger partial charge < -0.3 is 16.8 Å². The average Bonchev–Trinajstić information content (AvgIpc) is 2.17. The maximum Gasteiger partial charge on any atom is 0.224 e. The van der Waals surface area contributed by atoms with E-state index >= 15 is 0 Å². The smallest absolute Gasteiger partial charge is 0.224 e. The molecule has 0 saturated carbocycles. The Hall–Kier alpha value is -1.85. The number of rotatable bonds is 4. The molecule has 0 fully saturated rings. The number of amides is 1. The number of anilines is 2. The van der Waals surface area contributed by atoms with Gasteiger partial charge in [0.25, 0.3) is 0 Å². The standard InChI is InChI=1S/C9H15N5O/c1-9(2,7(11)15)5-14-8-12-3-6(10)4-13-8/h3-4H,5,10H2,1-2H3,(H2,11,15)(H,12,13,14). The third kappa shape index (κ3) is 3.08. The predicted octanol–water partition coefficient (Wildman–Crippen LogP) is -0.0178. The molecule has 1 aromatic rings. The van der Waals surface area contributed by atoms with Crippen LogP contribution < -0.4 is 16.8 Å². The Labute approximate surface area is 88.1 Å². The Kier molecular flexibility index (Phi) is 3.08. The fourth-order valence-electron chi connectivity index (χ4n) is 0.816. The molecule has 1 aromatic heterocycles. The van der Waals surface area contributed by atoms with Gasteiger partial charge in [0, 0.05) is 6.54 Å². The zero-order chi connectivity index (χ0) is 11.5. The van der Waals surface area contributed by atoms with Crippen molar-refractivity contribution >= 4 is 17.5 Å². The number of nitrogens with zero attached hydrogens (tertiary/aromatic N) is 2. The van der Waals surface area contributed by atoms with Gasteiger partial charge in [-0.25, -0.2) is 9.97 Å². The molecule has 0 spiro atoms. The van der Waals surface area contributed by atoms with Gasteiger partial charge in [0.15, 0.2) is 0 Å². The van der Waals surface area contributed by atoms with Crippen LogP contribution in [-0.4, -0.2) is 22.4 Å². The SMILES string of the molecule is CC(C)(CNc1ncc(N)cn1)C(N)=O. The van der Waals surface area contributed by atoms with E-state index in [9.17, 15) is 4.79 Å². The Bertz CT molecular complexity index is 346. The molecule has 0 saturated heterocycles. The van der Waals surface area contributed by atoms with E-state index in [1.807, 2.05) is 0 Å². The Morgan fingerprint density at radius 2 is 2.00 bits per heavy atom. The minimum absolute atomic E-state index is 0.370. The molecule has 0 aliphatic carbocycles. The summed E-state index contributed by atoms with van der Waals surface area (Å²) in [5, 5.41) is 2.91. The normalized spacial score (nSPS) is 11.1. The average molecular weight is 209 g/mol.